The van der Waals surface area contributed by atoms with Crippen molar-refractivity contribution in [2.75, 3.05) is 6.54 Å². The highest BCUT2D eigenvalue weighted by molar-refractivity contribution is 6.42. The summed E-state index contributed by atoms with van der Waals surface area (Å²) < 4.78 is 13.1. The van der Waals surface area contributed by atoms with E-state index in [1.807, 2.05) is 25.1 Å². The third-order valence-electron chi connectivity index (χ3n) is 3.60. The number of aryl methyl sites for hydroxylation is 1. The minimum atomic E-state index is -0.191. The van der Waals surface area contributed by atoms with Crippen LogP contribution in [-0.4, -0.2) is 6.54 Å². The largest absolute Gasteiger partial charge is 0.310 e. The van der Waals surface area contributed by atoms with Crippen LogP contribution in [0.2, 0.25) is 10.0 Å². The van der Waals surface area contributed by atoms with E-state index in [1.54, 1.807) is 12.1 Å². The number of halogens is 3. The second-order valence-corrected chi connectivity index (χ2v) is 5.92. The van der Waals surface area contributed by atoms with Gasteiger partial charge in [0.15, 0.2) is 0 Å². The fraction of sp³-hybridized carbons (Fsp3) is 0.294. The zero-order valence-corrected chi connectivity index (χ0v) is 13.6. The molecule has 2 rings (SSSR count). The van der Waals surface area contributed by atoms with E-state index in [-0.39, 0.29) is 11.9 Å². The van der Waals surface area contributed by atoms with Crippen LogP contribution in [-0.2, 0) is 6.42 Å². The maximum Gasteiger partial charge on any atom is 0.123 e. The molecule has 0 fully saturated rings. The Morgan fingerprint density at radius 1 is 1.19 bits per heavy atom. The van der Waals surface area contributed by atoms with E-state index in [1.165, 1.54) is 6.07 Å². The normalized spacial score (nSPS) is 12.4. The van der Waals surface area contributed by atoms with Gasteiger partial charge in [0.05, 0.1) is 10.0 Å². The minimum Gasteiger partial charge on any atom is -0.310 e. The fourth-order valence-corrected chi connectivity index (χ4v) is 2.80. The molecule has 4 heteroatoms. The second-order valence-electron chi connectivity index (χ2n) is 5.14. The molecule has 0 aliphatic rings. The van der Waals surface area contributed by atoms with Crippen LogP contribution < -0.4 is 5.32 Å². The third kappa shape index (κ3) is 4.19. The number of hydrogen-bond acceptors (Lipinski definition) is 1. The molecule has 0 bridgehead atoms. The van der Waals surface area contributed by atoms with Crippen molar-refractivity contribution in [2.24, 2.45) is 0 Å². The molecule has 0 amide bonds. The van der Waals surface area contributed by atoms with Crippen molar-refractivity contribution in [2.45, 2.75) is 26.3 Å². The quantitative estimate of drug-likeness (QED) is 0.782. The number of nitrogens with one attached hydrogen (secondary N) is 1. The highest BCUT2D eigenvalue weighted by atomic mass is 35.5. The van der Waals surface area contributed by atoms with E-state index < -0.39 is 0 Å². The van der Waals surface area contributed by atoms with Crippen molar-refractivity contribution < 1.29 is 4.39 Å². The lowest BCUT2D eigenvalue weighted by atomic mass is 10.0. The highest BCUT2D eigenvalue weighted by Gasteiger charge is 2.11. The Kier molecular flexibility index (Phi) is 5.63. The first-order valence-corrected chi connectivity index (χ1v) is 7.67. The molecule has 0 saturated carbocycles. The molecule has 1 atom stereocenters. The van der Waals surface area contributed by atoms with Crippen molar-refractivity contribution in [3.8, 4) is 0 Å². The molecule has 0 aromatic heterocycles. The predicted molar refractivity (Wildman–Crippen MR) is 87.7 cm³/mol. The molecule has 0 aliphatic carbocycles. The molecule has 112 valence electrons. The summed E-state index contributed by atoms with van der Waals surface area (Å²) in [4.78, 5) is 0. The van der Waals surface area contributed by atoms with Crippen LogP contribution in [0.25, 0.3) is 0 Å². The maximum atomic E-state index is 13.1. The van der Waals surface area contributed by atoms with E-state index in [0.29, 0.717) is 10.0 Å². The Labute approximate surface area is 135 Å². The molecule has 21 heavy (non-hydrogen) atoms. The van der Waals surface area contributed by atoms with Gasteiger partial charge in [-0.05, 0) is 61.7 Å². The van der Waals surface area contributed by atoms with Gasteiger partial charge in [-0.1, -0.05) is 41.4 Å². The van der Waals surface area contributed by atoms with Gasteiger partial charge in [0.1, 0.15) is 5.82 Å². The molecule has 2 aromatic rings. The van der Waals surface area contributed by atoms with E-state index in [4.69, 9.17) is 23.2 Å². The Morgan fingerprint density at radius 3 is 2.67 bits per heavy atom. The molecule has 1 unspecified atom stereocenters. The molecule has 1 nitrogen and oxygen atoms in total. The van der Waals surface area contributed by atoms with Crippen molar-refractivity contribution in [1.29, 1.82) is 0 Å². The first-order valence-electron chi connectivity index (χ1n) is 6.91. The van der Waals surface area contributed by atoms with Gasteiger partial charge < -0.3 is 5.32 Å². The first kappa shape index (κ1) is 16.3. The summed E-state index contributed by atoms with van der Waals surface area (Å²) in [6.45, 7) is 4.77. The Morgan fingerprint density at radius 2 is 1.95 bits per heavy atom. The number of hydrogen-bond donors (Lipinski definition) is 1. The third-order valence-corrected chi connectivity index (χ3v) is 4.43. The van der Waals surface area contributed by atoms with Crippen molar-refractivity contribution in [3.05, 3.63) is 69.0 Å². The van der Waals surface area contributed by atoms with Crippen LogP contribution in [0.1, 0.15) is 29.7 Å². The topological polar surface area (TPSA) is 12.0 Å². The molecule has 0 radical (unpaired) electrons. The van der Waals surface area contributed by atoms with Gasteiger partial charge in [-0.3, -0.25) is 0 Å². The van der Waals surface area contributed by atoms with Crippen LogP contribution in [0.3, 0.4) is 0 Å². The minimum absolute atomic E-state index is 0.108. The molecule has 0 spiro atoms. The van der Waals surface area contributed by atoms with Gasteiger partial charge in [-0.2, -0.15) is 0 Å². The average molecular weight is 326 g/mol. The van der Waals surface area contributed by atoms with Crippen LogP contribution in [0.15, 0.2) is 36.4 Å². The average Bonchev–Trinajstić information content (AvgIpc) is 2.44. The van der Waals surface area contributed by atoms with Crippen molar-refractivity contribution in [3.63, 3.8) is 0 Å². The van der Waals surface area contributed by atoms with Gasteiger partial charge in [0, 0.05) is 6.04 Å². The van der Waals surface area contributed by atoms with Gasteiger partial charge in [-0.25, -0.2) is 4.39 Å². The van der Waals surface area contributed by atoms with Gasteiger partial charge in [0.2, 0.25) is 0 Å². The molecule has 1 N–H and O–H groups in total. The summed E-state index contributed by atoms with van der Waals surface area (Å²) in [5.74, 6) is -0.191. The van der Waals surface area contributed by atoms with Crippen molar-refractivity contribution >= 4 is 23.2 Å². The zero-order chi connectivity index (χ0) is 15.4. The van der Waals surface area contributed by atoms with E-state index in [9.17, 15) is 4.39 Å². The van der Waals surface area contributed by atoms with Crippen LogP contribution >= 0.6 is 23.2 Å². The molecule has 0 heterocycles. The first-order chi connectivity index (χ1) is 9.99. The summed E-state index contributed by atoms with van der Waals surface area (Å²) in [6.07, 6.45) is 0.842. The van der Waals surface area contributed by atoms with Gasteiger partial charge >= 0.3 is 0 Å². The standard InChI is InChI=1S/C17H18Cl2FN/c1-11-10-14(20)7-6-13(11)8-9-21-12(2)15-4-3-5-16(18)17(15)19/h3-7,10,12,21H,8-9H2,1-2H3. The van der Waals surface area contributed by atoms with E-state index >= 15 is 0 Å². The Balaban J connectivity index is 1.95. The van der Waals surface area contributed by atoms with Crippen LogP contribution in [0.5, 0.6) is 0 Å². The zero-order valence-electron chi connectivity index (χ0n) is 12.1. The maximum absolute atomic E-state index is 13.1. The number of benzene rings is 2. The highest BCUT2D eigenvalue weighted by Crippen LogP contribution is 2.29. The van der Waals surface area contributed by atoms with Crippen molar-refractivity contribution in [1.82, 2.24) is 5.32 Å². The Hall–Kier alpha value is -1.09. The van der Waals surface area contributed by atoms with Gasteiger partial charge in [-0.15, -0.1) is 0 Å². The van der Waals surface area contributed by atoms with Crippen LogP contribution in [0, 0.1) is 12.7 Å². The lowest BCUT2D eigenvalue weighted by Crippen LogP contribution is -2.22. The number of rotatable bonds is 5. The molecule has 0 saturated heterocycles. The molecular weight excluding hydrogens is 308 g/mol. The summed E-state index contributed by atoms with van der Waals surface area (Å²) in [7, 11) is 0. The second kappa shape index (κ2) is 7.26. The van der Waals surface area contributed by atoms with E-state index in [2.05, 4.69) is 12.2 Å². The monoisotopic (exact) mass is 325 g/mol. The summed E-state index contributed by atoms with van der Waals surface area (Å²) in [5, 5.41) is 4.58. The predicted octanol–water partition coefficient (Wildman–Crippen LogP) is 5.33. The summed E-state index contributed by atoms with van der Waals surface area (Å²) in [6, 6.07) is 10.6. The summed E-state index contributed by atoms with van der Waals surface area (Å²) in [5.41, 5.74) is 3.11. The lowest BCUT2D eigenvalue weighted by molar-refractivity contribution is 0.575. The summed E-state index contributed by atoms with van der Waals surface area (Å²) >= 11 is 12.2. The van der Waals surface area contributed by atoms with Crippen LogP contribution in [0.4, 0.5) is 4.39 Å². The van der Waals surface area contributed by atoms with E-state index in [0.717, 1.165) is 29.7 Å². The van der Waals surface area contributed by atoms with Gasteiger partial charge in [0.25, 0.3) is 0 Å². The Bertz CT molecular complexity index is 628. The molecular formula is C17H18Cl2FN. The fourth-order valence-electron chi connectivity index (χ4n) is 2.33. The molecule has 0 aliphatic heterocycles. The SMILES string of the molecule is Cc1cc(F)ccc1CCNC(C)c1cccc(Cl)c1Cl. The molecule has 2 aromatic carbocycles. The smallest absolute Gasteiger partial charge is 0.123 e. The lowest BCUT2D eigenvalue weighted by Gasteiger charge is -2.16.